The van der Waals surface area contributed by atoms with Gasteiger partial charge in [0.1, 0.15) is 0 Å². The van der Waals surface area contributed by atoms with E-state index >= 15 is 0 Å². The van der Waals surface area contributed by atoms with Gasteiger partial charge in [0.05, 0.1) is 4.92 Å². The van der Waals surface area contributed by atoms with Crippen LogP contribution >= 0.6 is 23.2 Å². The van der Waals surface area contributed by atoms with Gasteiger partial charge in [-0.3, -0.25) is 10.1 Å². The molecule has 0 radical (unpaired) electrons. The summed E-state index contributed by atoms with van der Waals surface area (Å²) in [6.45, 7) is 0. The molecule has 0 aliphatic carbocycles. The summed E-state index contributed by atoms with van der Waals surface area (Å²) in [4.78, 5) is 10.1. The zero-order valence-electron chi connectivity index (χ0n) is 9.22. The topological polar surface area (TPSA) is 43.1 Å². The maximum absolute atomic E-state index is 10.6. The van der Waals surface area contributed by atoms with Crippen molar-refractivity contribution in [3.05, 3.63) is 75.8 Å². The van der Waals surface area contributed by atoms with Gasteiger partial charge in [0, 0.05) is 12.1 Å². The fourth-order valence-electron chi connectivity index (χ4n) is 1.61. The van der Waals surface area contributed by atoms with E-state index in [2.05, 4.69) is 0 Å². The highest BCUT2D eigenvalue weighted by Crippen LogP contribution is 2.40. The third-order valence-electron chi connectivity index (χ3n) is 2.58. The van der Waals surface area contributed by atoms with E-state index in [1.165, 1.54) is 12.1 Å². The van der Waals surface area contributed by atoms with E-state index in [-0.39, 0.29) is 5.69 Å². The van der Waals surface area contributed by atoms with E-state index in [9.17, 15) is 10.1 Å². The fourth-order valence-corrected chi connectivity index (χ4v) is 2.11. The number of hydrogen-bond acceptors (Lipinski definition) is 2. The molecule has 92 valence electrons. The van der Waals surface area contributed by atoms with Crippen molar-refractivity contribution in [2.45, 2.75) is 4.33 Å². The summed E-state index contributed by atoms with van der Waals surface area (Å²) in [6, 6.07) is 15.0. The first-order valence-electron chi connectivity index (χ1n) is 5.20. The number of nitrogens with zero attached hydrogens (tertiary/aromatic N) is 1. The van der Waals surface area contributed by atoms with Crippen molar-refractivity contribution in [1.29, 1.82) is 0 Å². The van der Waals surface area contributed by atoms with Crippen molar-refractivity contribution in [1.82, 2.24) is 0 Å². The Bertz CT molecular complexity index is 553. The van der Waals surface area contributed by atoms with Gasteiger partial charge in [0.2, 0.25) is 0 Å². The van der Waals surface area contributed by atoms with Gasteiger partial charge in [-0.1, -0.05) is 53.5 Å². The molecule has 5 heteroatoms. The largest absolute Gasteiger partial charge is 0.269 e. The number of nitro benzene ring substituents is 1. The fraction of sp³-hybridized carbons (Fsp3) is 0.0769. The number of non-ortho nitro benzene ring substituents is 1. The van der Waals surface area contributed by atoms with Gasteiger partial charge in [-0.05, 0) is 23.3 Å². The molecule has 0 aliphatic rings. The molecule has 0 heterocycles. The minimum absolute atomic E-state index is 0.0101. The lowest BCUT2D eigenvalue weighted by molar-refractivity contribution is -0.384. The van der Waals surface area contributed by atoms with E-state index in [4.69, 9.17) is 23.2 Å². The summed E-state index contributed by atoms with van der Waals surface area (Å²) in [5.74, 6) is 0. The Hall–Kier alpha value is -1.58. The van der Waals surface area contributed by atoms with Crippen LogP contribution in [0.3, 0.4) is 0 Å². The first-order valence-corrected chi connectivity index (χ1v) is 5.95. The van der Waals surface area contributed by atoms with Crippen molar-refractivity contribution in [2.75, 3.05) is 0 Å². The Morgan fingerprint density at radius 2 is 1.39 bits per heavy atom. The van der Waals surface area contributed by atoms with Gasteiger partial charge in [-0.15, -0.1) is 0 Å². The zero-order chi connectivity index (χ0) is 13.2. The summed E-state index contributed by atoms with van der Waals surface area (Å²) >= 11 is 12.6. The highest BCUT2D eigenvalue weighted by molar-refractivity contribution is 6.50. The van der Waals surface area contributed by atoms with Crippen molar-refractivity contribution in [2.24, 2.45) is 0 Å². The highest BCUT2D eigenvalue weighted by Gasteiger charge is 2.29. The lowest BCUT2D eigenvalue weighted by Gasteiger charge is -2.20. The van der Waals surface area contributed by atoms with E-state index in [1.54, 1.807) is 24.3 Å². The Labute approximate surface area is 114 Å². The average molecular weight is 282 g/mol. The second-order valence-corrected chi connectivity index (χ2v) is 5.07. The Morgan fingerprint density at radius 1 is 0.889 bits per heavy atom. The zero-order valence-corrected chi connectivity index (χ0v) is 10.7. The molecule has 3 nitrogen and oxygen atoms in total. The first kappa shape index (κ1) is 12.9. The summed E-state index contributed by atoms with van der Waals surface area (Å²) in [6.07, 6.45) is 0. The molecule has 2 rings (SSSR count). The standard InChI is InChI=1S/C13H9Cl2NO2/c14-13(15,10-4-2-1-3-5-10)11-6-8-12(9-7-11)16(17)18/h1-9H. The smallest absolute Gasteiger partial charge is 0.258 e. The first-order chi connectivity index (χ1) is 8.51. The van der Waals surface area contributed by atoms with Crippen LogP contribution in [0.2, 0.25) is 0 Å². The monoisotopic (exact) mass is 281 g/mol. The maximum Gasteiger partial charge on any atom is 0.269 e. The van der Waals surface area contributed by atoms with Crippen molar-refractivity contribution in [3.8, 4) is 0 Å². The number of halogens is 2. The van der Waals surface area contributed by atoms with Crippen molar-refractivity contribution in [3.63, 3.8) is 0 Å². The van der Waals surface area contributed by atoms with Crippen molar-refractivity contribution < 1.29 is 4.92 Å². The maximum atomic E-state index is 10.6. The molecule has 0 unspecified atom stereocenters. The lowest BCUT2D eigenvalue weighted by atomic mass is 10.0. The van der Waals surface area contributed by atoms with E-state index in [0.29, 0.717) is 5.56 Å². The molecule has 0 bridgehead atoms. The molecule has 0 aromatic heterocycles. The van der Waals surface area contributed by atoms with Crippen LogP contribution in [0, 0.1) is 10.1 Å². The quantitative estimate of drug-likeness (QED) is 0.479. The van der Waals surface area contributed by atoms with Crippen molar-refractivity contribution >= 4 is 28.9 Å². The van der Waals surface area contributed by atoms with Gasteiger partial charge in [-0.25, -0.2) is 0 Å². The van der Waals surface area contributed by atoms with Crippen LogP contribution in [0.15, 0.2) is 54.6 Å². The highest BCUT2D eigenvalue weighted by atomic mass is 35.5. The normalized spacial score (nSPS) is 11.2. The molecular formula is C13H9Cl2NO2. The Morgan fingerprint density at radius 3 is 1.89 bits per heavy atom. The second-order valence-electron chi connectivity index (χ2n) is 3.74. The van der Waals surface area contributed by atoms with Gasteiger partial charge in [0.25, 0.3) is 5.69 Å². The van der Waals surface area contributed by atoms with Gasteiger partial charge >= 0.3 is 0 Å². The number of rotatable bonds is 3. The average Bonchev–Trinajstić information content (AvgIpc) is 2.40. The van der Waals surface area contributed by atoms with E-state index in [0.717, 1.165) is 5.56 Å². The Kier molecular flexibility index (Phi) is 3.55. The predicted octanol–water partition coefficient (Wildman–Crippen LogP) is 4.27. The summed E-state index contributed by atoms with van der Waals surface area (Å²) in [5, 5.41) is 10.6. The minimum Gasteiger partial charge on any atom is -0.258 e. The molecule has 0 fully saturated rings. The van der Waals surface area contributed by atoms with Gasteiger partial charge in [0.15, 0.2) is 4.33 Å². The number of nitro groups is 1. The third kappa shape index (κ3) is 2.47. The number of hydrogen-bond donors (Lipinski definition) is 0. The second kappa shape index (κ2) is 4.96. The molecule has 0 atom stereocenters. The molecular weight excluding hydrogens is 273 g/mol. The number of alkyl halides is 2. The van der Waals surface area contributed by atoms with Crippen LogP contribution in [0.4, 0.5) is 5.69 Å². The van der Waals surface area contributed by atoms with Crippen LogP contribution in [0.1, 0.15) is 11.1 Å². The van der Waals surface area contributed by atoms with Gasteiger partial charge < -0.3 is 0 Å². The molecule has 0 amide bonds. The summed E-state index contributed by atoms with van der Waals surface area (Å²) in [5.41, 5.74) is 1.33. The number of benzene rings is 2. The van der Waals surface area contributed by atoms with Crippen LogP contribution in [-0.2, 0) is 4.33 Å². The summed E-state index contributed by atoms with van der Waals surface area (Å²) in [7, 11) is 0. The van der Waals surface area contributed by atoms with E-state index < -0.39 is 9.26 Å². The molecule has 0 aliphatic heterocycles. The molecule has 0 spiro atoms. The third-order valence-corrected chi connectivity index (χ3v) is 3.45. The Balaban J connectivity index is 2.39. The lowest BCUT2D eigenvalue weighted by Crippen LogP contribution is -2.11. The predicted molar refractivity (Wildman–Crippen MR) is 72.0 cm³/mol. The summed E-state index contributed by atoms with van der Waals surface area (Å²) < 4.78 is -1.21. The van der Waals surface area contributed by atoms with Gasteiger partial charge in [-0.2, -0.15) is 0 Å². The molecule has 0 saturated heterocycles. The van der Waals surface area contributed by atoms with Crippen LogP contribution in [-0.4, -0.2) is 4.92 Å². The molecule has 0 N–H and O–H groups in total. The van der Waals surface area contributed by atoms with Crippen LogP contribution in [0.5, 0.6) is 0 Å². The van der Waals surface area contributed by atoms with Crippen LogP contribution < -0.4 is 0 Å². The molecule has 18 heavy (non-hydrogen) atoms. The van der Waals surface area contributed by atoms with E-state index in [1.807, 2.05) is 18.2 Å². The SMILES string of the molecule is O=[N+]([O-])c1ccc(C(Cl)(Cl)c2ccccc2)cc1. The minimum atomic E-state index is -1.21. The van der Waals surface area contributed by atoms with Crippen LogP contribution in [0.25, 0.3) is 0 Å². The molecule has 0 saturated carbocycles. The molecule has 2 aromatic rings. The molecule has 2 aromatic carbocycles.